The molecule has 3 heterocycles. The van der Waals surface area contributed by atoms with Gasteiger partial charge in [-0.15, -0.1) is 0 Å². The molecule has 0 aromatic heterocycles. The van der Waals surface area contributed by atoms with E-state index < -0.39 is 19.5 Å². The van der Waals surface area contributed by atoms with Crippen LogP contribution in [0.4, 0.5) is 5.69 Å². The lowest BCUT2D eigenvalue weighted by atomic mass is 9.90. The number of nitrogens with zero attached hydrogens (tertiary/aromatic N) is 1. The van der Waals surface area contributed by atoms with Crippen LogP contribution in [0.15, 0.2) is 29.3 Å². The molecule has 3 aliphatic rings. The molecule has 2 bridgehead atoms. The number of para-hydroxylation sites is 1. The van der Waals surface area contributed by atoms with Gasteiger partial charge in [-0.2, -0.15) is 18.6 Å². The van der Waals surface area contributed by atoms with Crippen LogP contribution < -0.4 is 10.2 Å². The predicted molar refractivity (Wildman–Crippen MR) is 80.9 cm³/mol. The first-order valence-electron chi connectivity index (χ1n) is 6.69. The minimum absolute atomic E-state index is 0.0307. The van der Waals surface area contributed by atoms with Crippen molar-refractivity contribution in [3.63, 3.8) is 0 Å². The zero-order chi connectivity index (χ0) is 16.5. The molecule has 0 unspecified atom stereocenters. The van der Waals surface area contributed by atoms with Gasteiger partial charge in [0.05, 0.1) is 17.8 Å². The van der Waals surface area contributed by atoms with Crippen LogP contribution >= 0.6 is 19.8 Å². The van der Waals surface area contributed by atoms with E-state index in [2.05, 4.69) is 10.3 Å². The van der Waals surface area contributed by atoms with Crippen molar-refractivity contribution in [1.29, 1.82) is 0 Å². The summed E-state index contributed by atoms with van der Waals surface area (Å²) < 4.78 is 20.0. The number of ether oxygens (including phenoxy) is 1. The van der Waals surface area contributed by atoms with Crippen molar-refractivity contribution in [2.24, 2.45) is 10.4 Å². The molecule has 1 amide bonds. The number of carbonyl (C=O) groups is 1. The van der Waals surface area contributed by atoms with Crippen molar-refractivity contribution in [1.82, 2.24) is 5.32 Å². The molecule has 4 rings (SSSR count). The number of methoxy groups -OCH3 is 1. The van der Waals surface area contributed by atoms with Crippen LogP contribution in [0.5, 0.6) is 0 Å². The zero-order valence-electron chi connectivity index (χ0n) is 12.2. The van der Waals surface area contributed by atoms with Crippen molar-refractivity contribution in [2.75, 3.05) is 26.9 Å². The molecule has 0 atom stereocenters. The molecule has 0 spiro atoms. The Morgan fingerprint density at radius 3 is 2.52 bits per heavy atom. The van der Waals surface area contributed by atoms with Gasteiger partial charge < -0.3 is 9.63 Å². The van der Waals surface area contributed by atoms with Crippen LogP contribution in [-0.4, -0.2) is 38.9 Å². The number of aliphatic imine (C=N–C) groups is 1. The third-order valence-electron chi connectivity index (χ3n) is 3.47. The number of rotatable bonds is 2. The molecule has 10 heteroatoms. The average Bonchev–Trinajstić information content (AvgIpc) is 2.57. The monoisotopic (exact) mass is 360 g/mol. The third-order valence-corrected chi connectivity index (χ3v) is 5.12. The van der Waals surface area contributed by atoms with Gasteiger partial charge in [0.25, 0.3) is 6.02 Å². The molecule has 3 aliphatic heterocycles. The summed E-state index contributed by atoms with van der Waals surface area (Å²) in [5.41, 5.74) is -0.643. The predicted octanol–water partition coefficient (Wildman–Crippen LogP) is 1.19. The highest BCUT2D eigenvalue weighted by atomic mass is 35.5. The zero-order valence-corrected chi connectivity index (χ0v) is 13.8. The quantitative estimate of drug-likeness (QED) is 0.483. The number of benzene rings is 1. The number of phosphoric acid groups is 1. The van der Waals surface area contributed by atoms with Gasteiger partial charge in [-0.1, -0.05) is 23.7 Å². The number of carbonyl (C=O) groups excluding carboxylic acids is 1. The van der Waals surface area contributed by atoms with E-state index in [0.29, 0.717) is 10.7 Å². The SMILES string of the molecule is COC(=Nc1ccccc1Cl)NC(=O)C12CO[P+]([O-])(OC1)OC2. The summed E-state index contributed by atoms with van der Waals surface area (Å²) in [6.07, 6.45) is 0. The van der Waals surface area contributed by atoms with Crippen LogP contribution in [-0.2, 0) is 23.1 Å². The van der Waals surface area contributed by atoms with Gasteiger partial charge in [-0.05, 0) is 12.1 Å². The molecule has 0 saturated carbocycles. The van der Waals surface area contributed by atoms with Gasteiger partial charge in [-0.25, -0.2) is 0 Å². The van der Waals surface area contributed by atoms with Gasteiger partial charge in [0, 0.05) is 0 Å². The molecule has 3 fully saturated rings. The molecule has 0 radical (unpaired) electrons. The summed E-state index contributed by atoms with van der Waals surface area (Å²) in [4.78, 5) is 28.3. The fourth-order valence-electron chi connectivity index (χ4n) is 2.05. The highest BCUT2D eigenvalue weighted by Gasteiger charge is 2.59. The third kappa shape index (κ3) is 3.33. The van der Waals surface area contributed by atoms with Crippen molar-refractivity contribution in [2.45, 2.75) is 0 Å². The Hall–Kier alpha value is -1.28. The fraction of sp³-hybridized carbons (Fsp3) is 0.385. The lowest BCUT2D eigenvalue weighted by molar-refractivity contribution is -0.284. The lowest BCUT2D eigenvalue weighted by Gasteiger charge is -2.44. The molecular formula is C13H14ClN2O6P. The Labute approximate surface area is 138 Å². The molecule has 8 nitrogen and oxygen atoms in total. The van der Waals surface area contributed by atoms with Crippen LogP contribution in [0.2, 0.25) is 5.02 Å². The first kappa shape index (κ1) is 16.6. The number of fused-ring (bicyclic) bond motifs is 3. The summed E-state index contributed by atoms with van der Waals surface area (Å²) in [7, 11) is -2.10. The molecule has 3 saturated heterocycles. The topological polar surface area (TPSA) is 101 Å². The van der Waals surface area contributed by atoms with E-state index in [4.69, 9.17) is 29.9 Å². The van der Waals surface area contributed by atoms with Crippen molar-refractivity contribution in [3.8, 4) is 0 Å². The molecule has 1 aromatic carbocycles. The fourth-order valence-corrected chi connectivity index (χ4v) is 3.66. The van der Waals surface area contributed by atoms with E-state index in [9.17, 15) is 9.69 Å². The normalized spacial score (nSPS) is 30.1. The van der Waals surface area contributed by atoms with Crippen molar-refractivity contribution >= 4 is 37.4 Å². The maximum atomic E-state index is 12.5. The maximum absolute atomic E-state index is 12.5. The Morgan fingerprint density at radius 1 is 1.35 bits per heavy atom. The Bertz CT molecular complexity index is 631. The van der Waals surface area contributed by atoms with Crippen LogP contribution in [0, 0.1) is 5.41 Å². The number of amides is 1. The van der Waals surface area contributed by atoms with Gasteiger partial charge in [-0.3, -0.25) is 10.1 Å². The van der Waals surface area contributed by atoms with Crippen LogP contribution in [0.3, 0.4) is 0 Å². The highest BCUT2D eigenvalue weighted by molar-refractivity contribution is 7.54. The van der Waals surface area contributed by atoms with Crippen molar-refractivity contribution in [3.05, 3.63) is 29.3 Å². The number of phosphoric ester groups is 1. The van der Waals surface area contributed by atoms with Crippen LogP contribution in [0.25, 0.3) is 0 Å². The van der Waals surface area contributed by atoms with E-state index in [1.54, 1.807) is 24.3 Å². The van der Waals surface area contributed by atoms with Crippen LogP contribution in [0.1, 0.15) is 0 Å². The van der Waals surface area contributed by atoms with Crippen molar-refractivity contribution < 1.29 is 28.0 Å². The number of nitrogens with one attached hydrogen (secondary N) is 1. The van der Waals surface area contributed by atoms with E-state index in [-0.39, 0.29) is 25.8 Å². The molecule has 124 valence electrons. The lowest BCUT2D eigenvalue weighted by Crippen LogP contribution is -2.58. The smallest absolute Gasteiger partial charge is 0.379 e. The maximum Gasteiger partial charge on any atom is 0.379 e. The molecular weight excluding hydrogens is 347 g/mol. The summed E-state index contributed by atoms with van der Waals surface area (Å²) >= 11 is 6.02. The van der Waals surface area contributed by atoms with E-state index >= 15 is 0 Å². The standard InChI is InChI=1S/C13H14ClN2O6P/c1-19-12(15-10-5-3-2-4-9(10)14)16-11(17)13-6-20-23(18,21-7-13)22-8-13/h2-5H,6-8H2,1H3,(H,15,16,17). The minimum atomic E-state index is -3.47. The summed E-state index contributed by atoms with van der Waals surface area (Å²) in [5, 5.41) is 2.96. The van der Waals surface area contributed by atoms with E-state index in [1.807, 2.05) is 0 Å². The minimum Gasteiger partial charge on any atom is -0.606 e. The molecule has 23 heavy (non-hydrogen) atoms. The van der Waals surface area contributed by atoms with Gasteiger partial charge in [0.2, 0.25) is 5.91 Å². The Kier molecular flexibility index (Phi) is 4.55. The van der Waals surface area contributed by atoms with E-state index in [1.165, 1.54) is 7.11 Å². The first-order chi connectivity index (χ1) is 11.0. The van der Waals surface area contributed by atoms with Gasteiger partial charge in [0.15, 0.2) is 0 Å². The average molecular weight is 361 g/mol. The first-order valence-corrected chi connectivity index (χ1v) is 8.53. The molecule has 1 N–H and O–H groups in total. The second-order valence-corrected chi connectivity index (χ2v) is 7.15. The van der Waals surface area contributed by atoms with E-state index in [0.717, 1.165) is 0 Å². The second kappa shape index (κ2) is 6.32. The second-order valence-electron chi connectivity index (χ2n) is 5.07. The number of amidine groups is 1. The van der Waals surface area contributed by atoms with Gasteiger partial charge in [0.1, 0.15) is 25.2 Å². The molecule has 1 aromatic rings. The Balaban J connectivity index is 1.75. The molecule has 0 aliphatic carbocycles. The number of hydrogen-bond donors (Lipinski definition) is 1. The number of hydrogen-bond acceptors (Lipinski definition) is 7. The van der Waals surface area contributed by atoms with Gasteiger partial charge >= 0.3 is 8.17 Å². The number of halogens is 1. The largest absolute Gasteiger partial charge is 0.606 e. The summed E-state index contributed by atoms with van der Waals surface area (Å²) in [6, 6.07) is 6.84. The highest BCUT2D eigenvalue weighted by Crippen LogP contribution is 2.63. The summed E-state index contributed by atoms with van der Waals surface area (Å²) in [6.45, 7) is -0.169. The summed E-state index contributed by atoms with van der Waals surface area (Å²) in [5.74, 6) is -0.462. The Morgan fingerprint density at radius 2 is 1.96 bits per heavy atom.